The van der Waals surface area contributed by atoms with Gasteiger partial charge in [0.1, 0.15) is 182 Å². The molecule has 9 heterocycles. The molecule has 13 fully saturated rings. The topological polar surface area (TPSA) is 762 Å². The molecule has 14 rings (SSSR count). The van der Waals surface area contributed by atoms with Gasteiger partial charge in [0, 0.05) is 17.4 Å². The second-order valence-electron chi connectivity index (χ2n) is 45.7. The lowest BCUT2D eigenvalue weighted by Crippen LogP contribution is -2.70. The molecule has 0 spiro atoms. The van der Waals surface area contributed by atoms with Crippen molar-refractivity contribution in [3.05, 3.63) is 60.3 Å². The van der Waals surface area contributed by atoms with Crippen LogP contribution in [0.2, 0.25) is 0 Å². The van der Waals surface area contributed by atoms with E-state index in [0.29, 0.717) is 37.7 Å². The number of hydrogen-bond acceptors (Lipinski definition) is 49. The molecule has 9 saturated heterocycles. The number of aliphatic hydroxyl groups excluding tert-OH is 26. The van der Waals surface area contributed by atoms with E-state index in [-0.39, 0.29) is 61.5 Å². The largest absolute Gasteiger partial charge is 0.458 e. The lowest BCUT2D eigenvalue weighted by Gasteiger charge is -2.72. The number of aliphatic hydroxyl groups is 26. The van der Waals surface area contributed by atoms with Crippen LogP contribution in [0.3, 0.4) is 0 Å². The van der Waals surface area contributed by atoms with Gasteiger partial charge in [0.15, 0.2) is 62.5 Å². The molecule has 0 bridgehead atoms. The molecule has 0 radical (unpaired) electrons. The first kappa shape index (κ1) is 121. The Bertz CT molecular complexity index is 4630. The Morgan fingerprint density at radius 1 is 0.427 bits per heavy atom. The Balaban J connectivity index is 0.732. The van der Waals surface area contributed by atoms with Crippen LogP contribution in [0.4, 0.5) is 0 Å². The van der Waals surface area contributed by atoms with Crippen molar-refractivity contribution in [2.75, 3.05) is 46.2 Å². The number of carbonyl (C=O) groups excluding carboxylic acids is 3. The third-order valence-corrected chi connectivity index (χ3v) is 35.3. The Labute approximate surface area is 867 Å². The molecule has 0 amide bonds. The second kappa shape index (κ2) is 47.7. The minimum Gasteiger partial charge on any atom is -0.458 e. The molecule has 0 aromatic heterocycles. The Morgan fingerprint density at radius 3 is 1.49 bits per heavy atom. The highest BCUT2D eigenvalue weighted by molar-refractivity contribution is 5.89. The average Bonchev–Trinajstić information content (AvgIpc) is 0.699. The third-order valence-electron chi connectivity index (χ3n) is 35.3. The molecule has 0 aromatic rings. The molecule has 4 saturated carbocycles. The van der Waals surface area contributed by atoms with Crippen molar-refractivity contribution >= 4 is 17.9 Å². The summed E-state index contributed by atoms with van der Waals surface area (Å²) in [5, 5.41) is 290. The van der Waals surface area contributed by atoms with E-state index in [1.165, 1.54) is 52.0 Å². The number of rotatable bonds is 35. The predicted molar refractivity (Wildman–Crippen MR) is 503 cm³/mol. The molecule has 0 aromatic carbocycles. The van der Waals surface area contributed by atoms with Crippen LogP contribution in [-0.4, -0.2) is 484 Å². The maximum Gasteiger partial charge on any atom is 0.336 e. The first-order valence-corrected chi connectivity index (χ1v) is 51.8. The van der Waals surface area contributed by atoms with Crippen LogP contribution in [0.1, 0.15) is 167 Å². The molecule has 49 heteroatoms. The quantitative estimate of drug-likeness (QED) is 0.00922. The summed E-state index contributed by atoms with van der Waals surface area (Å²) in [5.74, 6) is -4.82. The van der Waals surface area contributed by atoms with Crippen LogP contribution in [0.25, 0.3) is 0 Å². The summed E-state index contributed by atoms with van der Waals surface area (Å²) in [5.41, 5.74) is -8.94. The zero-order valence-electron chi connectivity index (χ0n) is 86.5. The summed E-state index contributed by atoms with van der Waals surface area (Å²) < 4.78 is 122. The van der Waals surface area contributed by atoms with E-state index < -0.39 is 397 Å². The molecule has 858 valence electrons. The zero-order valence-corrected chi connectivity index (χ0v) is 86.5. The maximum absolute atomic E-state index is 16.9. The van der Waals surface area contributed by atoms with E-state index >= 15 is 9.59 Å². The summed E-state index contributed by atoms with van der Waals surface area (Å²) in [6.07, 6.45) is -68.1. The van der Waals surface area contributed by atoms with Crippen molar-refractivity contribution in [2.45, 2.75) is 455 Å². The molecule has 54 atom stereocenters. The second-order valence-corrected chi connectivity index (χ2v) is 45.7. The van der Waals surface area contributed by atoms with Crippen molar-refractivity contribution in [3.63, 3.8) is 0 Å². The lowest BCUT2D eigenvalue weighted by atomic mass is 9.33. The minimum atomic E-state index is -2.30. The van der Waals surface area contributed by atoms with Crippen LogP contribution in [0.15, 0.2) is 60.3 Å². The number of ether oxygens (including phenoxy) is 20. The summed E-state index contributed by atoms with van der Waals surface area (Å²) in [4.78, 5) is 46.1. The van der Waals surface area contributed by atoms with Crippen LogP contribution < -0.4 is 0 Å². The molecule has 150 heavy (non-hydrogen) atoms. The minimum absolute atomic E-state index is 0.0333. The van der Waals surface area contributed by atoms with Gasteiger partial charge in [0.25, 0.3) is 0 Å². The highest BCUT2D eigenvalue weighted by Gasteiger charge is 2.75. The SMILES string of the molecule is C=C[C@](C)(CC/C=C(\C)C(=O)O[C@H]1[C@H](O[C@](C)(C=C)CC/C=C(\CO)C(=O)O[C@H]2C[C@]3(C(=O)O[C@@H]4O[C@H](CO)[C@@H](O)[C@H](O)[C@H]4O[C@@H]4O[C@@H](C)[C@H](O[C@@H]5O[C@@H](CO)[C@H](O)[C@H]5O)[C@@H](O[C@@H]5O[C@H](CO)[C@@H](O)[C@H](O)[C@H]5O)[C@H]4O)[C@H](O)C[C@]4(C)C(=CC[C@@H]5[C@@]6(C)CC[C@H](O[C@@H]7O[C@H](CO[C@@H]8OC[C@H](O)[C@H](O)[C@H]8O[C@@H]8OC[C@@H](O)[C@H](O)[C@H]8O)[C@@H](O)[C@H](O)[C@H]7O)C(C)(C)[C@@H]6CC[C@]54C)[C@@H]3CC2(C)C)O[C@H](C)[C@@H](O)[C@@H]1O)O[C@@H]1O[C@H](C)[C@@H](O)[C@H](O)[C@H]1O. The average molecular weight is 2160 g/mol. The number of esters is 3. The van der Waals surface area contributed by atoms with Gasteiger partial charge in [-0.2, -0.15) is 0 Å². The lowest BCUT2D eigenvalue weighted by molar-refractivity contribution is -0.390. The molecule has 9 aliphatic heterocycles. The van der Waals surface area contributed by atoms with Gasteiger partial charge >= 0.3 is 17.9 Å². The number of carbonyl (C=O) groups is 3. The van der Waals surface area contributed by atoms with Gasteiger partial charge in [-0.05, 0) is 152 Å². The fourth-order valence-electron chi connectivity index (χ4n) is 25.4. The molecule has 14 aliphatic rings. The van der Waals surface area contributed by atoms with Crippen LogP contribution in [-0.2, 0) is 109 Å². The smallest absolute Gasteiger partial charge is 0.336 e. The van der Waals surface area contributed by atoms with E-state index in [0.717, 1.165) is 0 Å². The van der Waals surface area contributed by atoms with E-state index in [1.54, 1.807) is 27.7 Å². The Kier molecular flexibility index (Phi) is 38.4. The number of hydrogen-bond donors (Lipinski definition) is 26. The first-order valence-electron chi connectivity index (χ1n) is 51.8. The van der Waals surface area contributed by atoms with Gasteiger partial charge in [0.2, 0.25) is 6.29 Å². The third kappa shape index (κ3) is 23.3. The fraction of sp³-hybridized carbons (Fsp3) is 0.871. The Morgan fingerprint density at radius 2 is 0.893 bits per heavy atom. The first-order chi connectivity index (χ1) is 70.3. The van der Waals surface area contributed by atoms with E-state index in [4.69, 9.17) is 94.7 Å². The van der Waals surface area contributed by atoms with Gasteiger partial charge in [-0.1, -0.05) is 84.4 Å². The van der Waals surface area contributed by atoms with Gasteiger partial charge in [0.05, 0.1) is 93.5 Å². The van der Waals surface area contributed by atoms with Gasteiger partial charge in [-0.15, -0.1) is 13.2 Å². The molecular weight excluding hydrogens is 2000 g/mol. The summed E-state index contributed by atoms with van der Waals surface area (Å²) >= 11 is 0. The fourth-order valence-corrected chi connectivity index (χ4v) is 25.4. The van der Waals surface area contributed by atoms with Crippen molar-refractivity contribution in [3.8, 4) is 0 Å². The molecular formula is C101H160O49. The summed E-state index contributed by atoms with van der Waals surface area (Å²) in [6.45, 7) is 25.4. The van der Waals surface area contributed by atoms with E-state index in [2.05, 4.69) is 33.1 Å². The number of fused-ring (bicyclic) bond motifs is 7. The molecule has 49 nitrogen and oxygen atoms in total. The molecule has 26 N–H and O–H groups in total. The van der Waals surface area contributed by atoms with Gasteiger partial charge in [-0.25, -0.2) is 9.59 Å². The van der Waals surface area contributed by atoms with Crippen molar-refractivity contribution in [1.82, 2.24) is 0 Å². The van der Waals surface area contributed by atoms with Crippen LogP contribution in [0, 0.1) is 50.2 Å². The molecule has 0 unspecified atom stereocenters. The number of allylic oxidation sites excluding steroid dienone is 4. The van der Waals surface area contributed by atoms with Gasteiger partial charge in [-0.3, -0.25) is 4.79 Å². The van der Waals surface area contributed by atoms with Crippen molar-refractivity contribution in [1.29, 1.82) is 0 Å². The monoisotopic (exact) mass is 2160 g/mol. The maximum atomic E-state index is 16.9. The highest BCUT2D eigenvalue weighted by Crippen LogP contribution is 2.77. The standard InChI is InChI=1S/C101H160O49/c1-16-96(11,149-89-75(126)66(117)58(109)41(4)134-89)26-18-20-40(3)82(128)143-81-69(120)59(110)42(5)135-92(81)150-97(12,17-2)27-19-21-44(33-102)83(129)141-57-32-101(93(130)148-91-80(70(121)63(114)50(35-104)139-91)147-88-76(127)78(145-87-74(125)67(118)62(113)49(34-103)137-87)77(43(6)136-88)144-86-72(123)64(115)51(36-105)138-86)46(30-94(57,7)8)45-22-23-54-98(13)28-25-56(95(9,10)53(98)24-29-99(54,14)100(45,15)31-55(101)108)142-85-73(124)68(119)65(116)52(140-85)39-133-90-79(61(112)48(107)38-132-90)146-84-71(122)60(111)47(106)37-131-84/h16-17,20-22,41-43,46-81,84-92,102-127H,1-2,18-19,23-39H2,3-15H3/b40-20+,44-21+/t41-,42-,43+,46+,47-,48+,49-,50-,51+,52-,53+,54-,55-,56+,57+,58-,59-,60+,61+,62-,63-,64+,65-,66+,67+,68+,69+,70+,71-,72-,73-,74-,75-,76-,77+,78+,79-,80-,81-,84+,85+,86+,87+,88+,89+,90+,91+,92+,96-,97-,98+,99-,100-,101-/m1/s1. The summed E-state index contributed by atoms with van der Waals surface area (Å²) in [6, 6.07) is 0. The predicted octanol–water partition coefficient (Wildman–Crippen LogP) is -6.57. The zero-order chi connectivity index (χ0) is 110. The summed E-state index contributed by atoms with van der Waals surface area (Å²) in [7, 11) is 0. The van der Waals surface area contributed by atoms with E-state index in [9.17, 15) is 138 Å². The molecule has 5 aliphatic carbocycles. The van der Waals surface area contributed by atoms with Gasteiger partial charge < -0.3 is 228 Å². The van der Waals surface area contributed by atoms with E-state index in [1.807, 2.05) is 20.8 Å². The normalized spacial score (nSPS) is 49.2. The highest BCUT2D eigenvalue weighted by atomic mass is 16.8. The Hall–Kier alpha value is -4.61. The van der Waals surface area contributed by atoms with Crippen molar-refractivity contribution < 1.29 is 242 Å². The van der Waals surface area contributed by atoms with Crippen molar-refractivity contribution in [2.24, 2.45) is 50.2 Å². The van der Waals surface area contributed by atoms with Crippen LogP contribution in [0.5, 0.6) is 0 Å². The van der Waals surface area contributed by atoms with Crippen LogP contribution >= 0.6 is 0 Å².